The van der Waals surface area contributed by atoms with E-state index in [1.54, 1.807) is 18.3 Å². The summed E-state index contributed by atoms with van der Waals surface area (Å²) in [6.45, 7) is 0. The van der Waals surface area contributed by atoms with E-state index in [9.17, 15) is 9.59 Å². The SMILES string of the molecule is COc1ccc(OC)c2c(CC(C(=O)O)C(=O)O)c[nH]c12. The van der Waals surface area contributed by atoms with Gasteiger partial charge in [-0.15, -0.1) is 0 Å². The Morgan fingerprint density at radius 2 is 1.71 bits per heavy atom. The number of hydrogen-bond acceptors (Lipinski definition) is 4. The highest BCUT2D eigenvalue weighted by atomic mass is 16.5. The zero-order chi connectivity index (χ0) is 15.6. The Kier molecular flexibility index (Phi) is 4.02. The Bertz CT molecular complexity index is 676. The molecule has 3 N–H and O–H groups in total. The predicted octanol–water partition coefficient (Wildman–Crippen LogP) is 1.51. The van der Waals surface area contributed by atoms with Crippen molar-refractivity contribution in [1.82, 2.24) is 4.98 Å². The molecule has 0 aliphatic carbocycles. The van der Waals surface area contributed by atoms with Crippen LogP contribution in [0.3, 0.4) is 0 Å². The summed E-state index contributed by atoms with van der Waals surface area (Å²) in [5, 5.41) is 18.6. The van der Waals surface area contributed by atoms with Crippen LogP contribution in [0.25, 0.3) is 10.9 Å². The molecule has 0 saturated heterocycles. The van der Waals surface area contributed by atoms with Crippen molar-refractivity contribution in [3.8, 4) is 11.5 Å². The Labute approximate surface area is 120 Å². The van der Waals surface area contributed by atoms with Crippen LogP contribution in [0.5, 0.6) is 11.5 Å². The van der Waals surface area contributed by atoms with E-state index in [-0.39, 0.29) is 6.42 Å². The number of carboxylic acid groups (broad SMARTS) is 2. The number of aliphatic carboxylic acids is 2. The van der Waals surface area contributed by atoms with Gasteiger partial charge in [0.05, 0.1) is 19.7 Å². The maximum Gasteiger partial charge on any atom is 0.318 e. The summed E-state index contributed by atoms with van der Waals surface area (Å²) < 4.78 is 10.5. The van der Waals surface area contributed by atoms with E-state index in [0.717, 1.165) is 0 Å². The Balaban J connectivity index is 2.54. The molecule has 0 unspecified atom stereocenters. The quantitative estimate of drug-likeness (QED) is 0.697. The minimum Gasteiger partial charge on any atom is -0.496 e. The normalized spacial score (nSPS) is 10.8. The molecule has 1 aromatic carbocycles. The molecule has 0 atom stereocenters. The van der Waals surface area contributed by atoms with Gasteiger partial charge >= 0.3 is 11.9 Å². The van der Waals surface area contributed by atoms with Crippen molar-refractivity contribution in [3.05, 3.63) is 23.9 Å². The average molecular weight is 293 g/mol. The molecule has 2 aromatic rings. The van der Waals surface area contributed by atoms with Gasteiger partial charge < -0.3 is 24.7 Å². The maximum atomic E-state index is 11.0. The summed E-state index contributed by atoms with van der Waals surface area (Å²) >= 11 is 0. The molecule has 0 fully saturated rings. The number of H-pyrrole nitrogens is 1. The molecule has 0 bridgehead atoms. The smallest absolute Gasteiger partial charge is 0.318 e. The standard InChI is InChI=1S/C14H15NO6/c1-20-9-3-4-10(21-2)12-11(9)7(6-15-12)5-8(13(16)17)14(18)19/h3-4,6,8,15H,5H2,1-2H3,(H,16,17)(H,18,19). The second-order valence-corrected chi connectivity index (χ2v) is 4.47. The number of rotatable bonds is 6. The lowest BCUT2D eigenvalue weighted by atomic mass is 9.98. The van der Waals surface area contributed by atoms with E-state index in [1.807, 2.05) is 0 Å². The number of aromatic nitrogens is 1. The van der Waals surface area contributed by atoms with Crippen molar-refractivity contribution < 1.29 is 29.3 Å². The molecule has 0 spiro atoms. The minimum atomic E-state index is -1.51. The summed E-state index contributed by atoms with van der Waals surface area (Å²) in [7, 11) is 3.00. The van der Waals surface area contributed by atoms with E-state index in [4.69, 9.17) is 19.7 Å². The largest absolute Gasteiger partial charge is 0.496 e. The number of aromatic amines is 1. The first-order valence-corrected chi connectivity index (χ1v) is 6.16. The van der Waals surface area contributed by atoms with Crippen molar-refractivity contribution in [2.24, 2.45) is 5.92 Å². The van der Waals surface area contributed by atoms with Crippen LogP contribution in [0.1, 0.15) is 5.56 Å². The van der Waals surface area contributed by atoms with Crippen LogP contribution in [-0.2, 0) is 16.0 Å². The number of benzene rings is 1. The van der Waals surface area contributed by atoms with Crippen molar-refractivity contribution in [2.45, 2.75) is 6.42 Å². The minimum absolute atomic E-state index is 0.145. The second-order valence-electron chi connectivity index (χ2n) is 4.47. The number of carboxylic acids is 2. The topological polar surface area (TPSA) is 109 Å². The molecular weight excluding hydrogens is 278 g/mol. The molecule has 0 amide bonds. The van der Waals surface area contributed by atoms with Crippen molar-refractivity contribution in [2.75, 3.05) is 14.2 Å². The Hall–Kier alpha value is -2.70. The van der Waals surface area contributed by atoms with Crippen LogP contribution >= 0.6 is 0 Å². The maximum absolute atomic E-state index is 11.0. The number of nitrogens with one attached hydrogen (secondary N) is 1. The molecule has 1 aromatic heterocycles. The Morgan fingerprint density at radius 3 is 2.24 bits per heavy atom. The van der Waals surface area contributed by atoms with Crippen molar-refractivity contribution >= 4 is 22.8 Å². The molecule has 0 aliphatic heterocycles. The fraction of sp³-hybridized carbons (Fsp3) is 0.286. The van der Waals surface area contributed by atoms with Crippen LogP contribution < -0.4 is 9.47 Å². The average Bonchev–Trinajstić information content (AvgIpc) is 2.87. The molecular formula is C14H15NO6. The molecule has 0 aliphatic rings. The van der Waals surface area contributed by atoms with Gasteiger partial charge in [0.1, 0.15) is 11.5 Å². The zero-order valence-corrected chi connectivity index (χ0v) is 11.5. The molecule has 1 heterocycles. The van der Waals surface area contributed by atoms with Crippen LogP contribution in [0.15, 0.2) is 18.3 Å². The summed E-state index contributed by atoms with van der Waals surface area (Å²) in [4.78, 5) is 25.0. The number of hydrogen-bond donors (Lipinski definition) is 3. The number of ether oxygens (including phenoxy) is 2. The number of methoxy groups -OCH3 is 2. The molecule has 7 heteroatoms. The predicted molar refractivity (Wildman–Crippen MR) is 73.9 cm³/mol. The summed E-state index contributed by atoms with van der Waals surface area (Å²) in [6, 6.07) is 3.41. The fourth-order valence-electron chi connectivity index (χ4n) is 2.26. The van der Waals surface area contributed by atoms with Crippen LogP contribution in [-0.4, -0.2) is 41.4 Å². The molecule has 0 saturated carbocycles. The number of fused-ring (bicyclic) bond motifs is 1. The van der Waals surface area contributed by atoms with E-state index in [0.29, 0.717) is 28.0 Å². The highest BCUT2D eigenvalue weighted by molar-refractivity contribution is 5.97. The molecule has 0 radical (unpaired) electrons. The van der Waals surface area contributed by atoms with E-state index in [2.05, 4.69) is 4.98 Å². The van der Waals surface area contributed by atoms with Crippen LogP contribution in [0.4, 0.5) is 0 Å². The van der Waals surface area contributed by atoms with Gasteiger partial charge in [-0.25, -0.2) is 0 Å². The molecule has 7 nitrogen and oxygen atoms in total. The van der Waals surface area contributed by atoms with Crippen LogP contribution in [0, 0.1) is 5.92 Å². The van der Waals surface area contributed by atoms with Gasteiger partial charge in [-0.2, -0.15) is 0 Å². The zero-order valence-electron chi connectivity index (χ0n) is 11.5. The lowest BCUT2D eigenvalue weighted by molar-refractivity contribution is -0.154. The molecule has 2 rings (SSSR count). The van der Waals surface area contributed by atoms with Crippen LogP contribution in [0.2, 0.25) is 0 Å². The molecule has 21 heavy (non-hydrogen) atoms. The highest BCUT2D eigenvalue weighted by Gasteiger charge is 2.28. The lowest BCUT2D eigenvalue weighted by Crippen LogP contribution is -2.25. The monoisotopic (exact) mass is 293 g/mol. The summed E-state index contributed by atoms with van der Waals surface area (Å²) in [5.74, 6) is -3.17. The third-order valence-corrected chi connectivity index (χ3v) is 3.30. The first-order valence-electron chi connectivity index (χ1n) is 6.16. The van der Waals surface area contributed by atoms with Crippen molar-refractivity contribution in [3.63, 3.8) is 0 Å². The van der Waals surface area contributed by atoms with E-state index >= 15 is 0 Å². The van der Waals surface area contributed by atoms with E-state index in [1.165, 1.54) is 14.2 Å². The first kappa shape index (κ1) is 14.7. The summed E-state index contributed by atoms with van der Waals surface area (Å²) in [5.41, 5.74) is 1.19. The van der Waals surface area contributed by atoms with Gasteiger partial charge in [0.2, 0.25) is 0 Å². The van der Waals surface area contributed by atoms with Gasteiger partial charge in [0, 0.05) is 11.6 Å². The Morgan fingerprint density at radius 1 is 1.14 bits per heavy atom. The second kappa shape index (κ2) is 5.74. The van der Waals surface area contributed by atoms with Gasteiger partial charge in [0.15, 0.2) is 5.92 Å². The van der Waals surface area contributed by atoms with E-state index < -0.39 is 17.9 Å². The third kappa shape index (κ3) is 2.62. The van der Waals surface area contributed by atoms with Gasteiger partial charge in [-0.05, 0) is 24.1 Å². The fourth-order valence-corrected chi connectivity index (χ4v) is 2.26. The summed E-state index contributed by atoms with van der Waals surface area (Å²) in [6.07, 6.45) is 1.43. The first-order chi connectivity index (χ1) is 9.99. The third-order valence-electron chi connectivity index (χ3n) is 3.30. The van der Waals surface area contributed by atoms with Crippen molar-refractivity contribution in [1.29, 1.82) is 0 Å². The molecule has 112 valence electrons. The van der Waals surface area contributed by atoms with Gasteiger partial charge in [-0.3, -0.25) is 9.59 Å². The number of carbonyl (C=O) groups is 2. The van der Waals surface area contributed by atoms with Gasteiger partial charge in [0.25, 0.3) is 0 Å². The van der Waals surface area contributed by atoms with Gasteiger partial charge in [-0.1, -0.05) is 0 Å². The highest BCUT2D eigenvalue weighted by Crippen LogP contribution is 2.35. The lowest BCUT2D eigenvalue weighted by Gasteiger charge is -2.10.